The van der Waals surface area contributed by atoms with Crippen molar-refractivity contribution >= 4 is 22.6 Å². The molecule has 1 fully saturated rings. The Morgan fingerprint density at radius 2 is 1.71 bits per heavy atom. The molecular formula is C15H17F3N2S. The molecule has 0 saturated heterocycles. The van der Waals surface area contributed by atoms with Crippen LogP contribution in [0.15, 0.2) is 17.1 Å². The molecule has 6 heteroatoms. The Morgan fingerprint density at radius 3 is 2.38 bits per heavy atom. The highest BCUT2D eigenvalue weighted by Crippen LogP contribution is 2.42. The molecule has 1 aliphatic heterocycles. The number of halogens is 3. The van der Waals surface area contributed by atoms with E-state index >= 15 is 0 Å². The van der Waals surface area contributed by atoms with Crippen molar-refractivity contribution in [2.45, 2.75) is 32.1 Å². The third kappa shape index (κ3) is 3.20. The molecule has 2 nitrogen and oxygen atoms in total. The van der Waals surface area contributed by atoms with Gasteiger partial charge in [0.15, 0.2) is 16.8 Å². The van der Waals surface area contributed by atoms with Gasteiger partial charge in [0.05, 0.1) is 5.69 Å². The lowest BCUT2D eigenvalue weighted by atomic mass is 9.75. The fourth-order valence-electron chi connectivity index (χ4n) is 2.97. The summed E-state index contributed by atoms with van der Waals surface area (Å²) in [6, 6.07) is 1.38. The van der Waals surface area contributed by atoms with Gasteiger partial charge in [-0.2, -0.15) is 0 Å². The minimum absolute atomic E-state index is 0.0697. The maximum absolute atomic E-state index is 13.6. The Balaban J connectivity index is 1.71. The van der Waals surface area contributed by atoms with E-state index in [4.69, 9.17) is 0 Å². The zero-order chi connectivity index (χ0) is 14.9. The number of hydrogen-bond donors (Lipinski definition) is 1. The van der Waals surface area contributed by atoms with E-state index in [0.717, 1.165) is 18.4 Å². The number of amidine groups is 1. The molecule has 21 heavy (non-hydrogen) atoms. The van der Waals surface area contributed by atoms with Gasteiger partial charge in [0.25, 0.3) is 0 Å². The number of rotatable bonds is 1. The Bertz CT molecular complexity index is 568. The first kappa shape index (κ1) is 14.8. The standard InChI is InChI=1S/C15H17F3N2S/c16-10-6-12(18)13(7-11(10)17)20-14-19-8-15(9-21-14)4-2-1-3-5-15/h6-7H,1-5,8-9H2,(H,19,20). The van der Waals surface area contributed by atoms with Crippen LogP contribution < -0.4 is 5.32 Å². The van der Waals surface area contributed by atoms with Gasteiger partial charge in [0.2, 0.25) is 0 Å². The van der Waals surface area contributed by atoms with E-state index in [1.165, 1.54) is 43.9 Å². The van der Waals surface area contributed by atoms with Crippen LogP contribution in [0, 0.1) is 22.9 Å². The van der Waals surface area contributed by atoms with Gasteiger partial charge < -0.3 is 5.32 Å². The molecule has 1 aromatic carbocycles. The van der Waals surface area contributed by atoms with Crippen LogP contribution in [0.3, 0.4) is 0 Å². The predicted molar refractivity (Wildman–Crippen MR) is 80.2 cm³/mol. The van der Waals surface area contributed by atoms with Crippen LogP contribution in [0.2, 0.25) is 0 Å². The second-order valence-electron chi connectivity index (χ2n) is 5.84. The average molecular weight is 314 g/mol. The summed E-state index contributed by atoms with van der Waals surface area (Å²) in [5.41, 5.74) is 0.209. The highest BCUT2D eigenvalue weighted by molar-refractivity contribution is 8.14. The topological polar surface area (TPSA) is 24.4 Å². The van der Waals surface area contributed by atoms with Gasteiger partial charge in [-0.25, -0.2) is 13.2 Å². The van der Waals surface area contributed by atoms with Gasteiger partial charge in [-0.3, -0.25) is 4.99 Å². The van der Waals surface area contributed by atoms with E-state index in [1.807, 2.05) is 0 Å². The van der Waals surface area contributed by atoms with E-state index in [0.29, 0.717) is 11.2 Å². The zero-order valence-electron chi connectivity index (χ0n) is 11.6. The molecule has 3 rings (SSSR count). The van der Waals surface area contributed by atoms with Crippen molar-refractivity contribution in [3.63, 3.8) is 0 Å². The van der Waals surface area contributed by atoms with Crippen LogP contribution in [-0.2, 0) is 0 Å². The van der Waals surface area contributed by atoms with Crippen molar-refractivity contribution in [3.8, 4) is 0 Å². The van der Waals surface area contributed by atoms with E-state index in [1.54, 1.807) is 0 Å². The molecule has 0 aromatic heterocycles. The highest BCUT2D eigenvalue weighted by atomic mass is 32.2. The summed E-state index contributed by atoms with van der Waals surface area (Å²) in [5.74, 6) is -2.11. The third-order valence-electron chi connectivity index (χ3n) is 4.24. The lowest BCUT2D eigenvalue weighted by molar-refractivity contribution is 0.232. The van der Waals surface area contributed by atoms with Crippen LogP contribution in [0.5, 0.6) is 0 Å². The number of aliphatic imine (C=N–C) groups is 1. The van der Waals surface area contributed by atoms with Crippen molar-refractivity contribution in [2.75, 3.05) is 17.6 Å². The van der Waals surface area contributed by atoms with E-state index in [2.05, 4.69) is 10.3 Å². The minimum atomic E-state index is -1.18. The fourth-order valence-corrected chi connectivity index (χ4v) is 4.13. The first-order valence-corrected chi connectivity index (χ1v) is 8.15. The number of anilines is 1. The molecule has 0 unspecified atom stereocenters. The molecule has 1 aliphatic carbocycles. The number of nitrogens with zero attached hydrogens (tertiary/aromatic N) is 1. The molecule has 1 spiro atoms. The molecule has 2 aliphatic rings. The summed E-state index contributed by atoms with van der Waals surface area (Å²) in [5, 5.41) is 3.35. The van der Waals surface area contributed by atoms with Crippen molar-refractivity contribution < 1.29 is 13.2 Å². The first-order chi connectivity index (χ1) is 10.1. The molecule has 0 radical (unpaired) electrons. The first-order valence-electron chi connectivity index (χ1n) is 7.17. The Labute approximate surface area is 126 Å². The molecule has 114 valence electrons. The summed E-state index contributed by atoms with van der Waals surface area (Å²) < 4.78 is 39.7. The van der Waals surface area contributed by atoms with Gasteiger partial charge in [-0.05, 0) is 18.3 Å². The predicted octanol–water partition coefficient (Wildman–Crippen LogP) is 4.57. The summed E-state index contributed by atoms with van der Waals surface area (Å²) in [4.78, 5) is 4.48. The Morgan fingerprint density at radius 1 is 1.00 bits per heavy atom. The molecule has 1 aromatic rings. The second kappa shape index (κ2) is 5.91. The van der Waals surface area contributed by atoms with Crippen molar-refractivity contribution in [3.05, 3.63) is 29.6 Å². The van der Waals surface area contributed by atoms with Gasteiger partial charge >= 0.3 is 0 Å². The summed E-state index contributed by atoms with van der Waals surface area (Å²) >= 11 is 1.54. The van der Waals surface area contributed by atoms with Crippen molar-refractivity contribution in [1.29, 1.82) is 0 Å². The lowest BCUT2D eigenvalue weighted by Crippen LogP contribution is -2.35. The molecule has 1 heterocycles. The molecule has 1 saturated carbocycles. The number of nitrogens with one attached hydrogen (secondary N) is 1. The van der Waals surface area contributed by atoms with E-state index < -0.39 is 17.5 Å². The number of thioether (sulfide) groups is 1. The van der Waals surface area contributed by atoms with Gasteiger partial charge in [0.1, 0.15) is 5.82 Å². The van der Waals surface area contributed by atoms with Crippen LogP contribution in [0.4, 0.5) is 18.9 Å². The third-order valence-corrected chi connectivity index (χ3v) is 5.50. The van der Waals surface area contributed by atoms with Gasteiger partial charge in [0, 0.05) is 24.4 Å². The molecule has 0 bridgehead atoms. The monoisotopic (exact) mass is 314 g/mol. The summed E-state index contributed by atoms with van der Waals surface area (Å²) in [7, 11) is 0. The normalized spacial score (nSPS) is 21.2. The fraction of sp³-hybridized carbons (Fsp3) is 0.533. The molecule has 0 amide bonds. The van der Waals surface area contributed by atoms with Crippen LogP contribution in [0.1, 0.15) is 32.1 Å². The van der Waals surface area contributed by atoms with Gasteiger partial charge in [-0.15, -0.1) is 0 Å². The zero-order valence-corrected chi connectivity index (χ0v) is 12.4. The van der Waals surface area contributed by atoms with Crippen LogP contribution in [-0.4, -0.2) is 17.5 Å². The molecular weight excluding hydrogens is 297 g/mol. The van der Waals surface area contributed by atoms with Crippen molar-refractivity contribution in [2.24, 2.45) is 10.4 Å². The summed E-state index contributed by atoms with van der Waals surface area (Å²) in [6.45, 7) is 0.730. The SMILES string of the molecule is Fc1cc(F)c(NC2=NCC3(CCCCC3)CS2)cc1F. The van der Waals surface area contributed by atoms with Crippen molar-refractivity contribution in [1.82, 2.24) is 0 Å². The lowest BCUT2D eigenvalue weighted by Gasteiger charge is -2.38. The second-order valence-corrected chi connectivity index (χ2v) is 6.81. The Hall–Kier alpha value is -1.17. The highest BCUT2D eigenvalue weighted by Gasteiger charge is 2.35. The van der Waals surface area contributed by atoms with Gasteiger partial charge in [-0.1, -0.05) is 31.0 Å². The average Bonchev–Trinajstić information content (AvgIpc) is 2.48. The summed E-state index contributed by atoms with van der Waals surface area (Å²) in [6.07, 6.45) is 6.17. The number of benzene rings is 1. The Kier molecular flexibility index (Phi) is 4.15. The van der Waals surface area contributed by atoms with Crippen LogP contribution >= 0.6 is 11.8 Å². The smallest absolute Gasteiger partial charge is 0.161 e. The minimum Gasteiger partial charge on any atom is -0.333 e. The van der Waals surface area contributed by atoms with Crippen LogP contribution in [0.25, 0.3) is 0 Å². The molecule has 0 atom stereocenters. The largest absolute Gasteiger partial charge is 0.333 e. The van der Waals surface area contributed by atoms with E-state index in [9.17, 15) is 13.2 Å². The van der Waals surface area contributed by atoms with E-state index in [-0.39, 0.29) is 11.1 Å². The maximum atomic E-state index is 13.6. The number of hydrogen-bond acceptors (Lipinski definition) is 3. The quantitative estimate of drug-likeness (QED) is 0.768. The maximum Gasteiger partial charge on any atom is 0.161 e. The molecule has 1 N–H and O–H groups in total.